The molecule has 2 aromatic heterocycles. The molecule has 1 aliphatic carbocycles. The zero-order valence-electron chi connectivity index (χ0n) is 15.5. The summed E-state index contributed by atoms with van der Waals surface area (Å²) in [5.41, 5.74) is 4.61. The molecule has 0 saturated carbocycles. The van der Waals surface area contributed by atoms with Crippen LogP contribution in [0.1, 0.15) is 45.7 Å². The summed E-state index contributed by atoms with van der Waals surface area (Å²) in [4.78, 5) is 16.9. The summed E-state index contributed by atoms with van der Waals surface area (Å²) >= 11 is 0. The predicted octanol–water partition coefficient (Wildman–Crippen LogP) is 2.34. The number of ether oxygens (including phenoxy) is 1. The minimum Gasteiger partial charge on any atom is -0.375 e. The molecule has 1 aromatic carbocycles. The Morgan fingerprint density at radius 1 is 1.41 bits per heavy atom. The van der Waals surface area contributed by atoms with Gasteiger partial charge in [0, 0.05) is 19.7 Å². The van der Waals surface area contributed by atoms with Crippen LogP contribution in [0.3, 0.4) is 0 Å². The van der Waals surface area contributed by atoms with Crippen molar-refractivity contribution in [3.05, 3.63) is 52.7 Å². The summed E-state index contributed by atoms with van der Waals surface area (Å²) in [6, 6.07) is 7.84. The van der Waals surface area contributed by atoms with E-state index in [0.717, 1.165) is 29.7 Å². The largest absolute Gasteiger partial charge is 0.375 e. The topological polar surface area (TPSA) is 95.1 Å². The van der Waals surface area contributed by atoms with Crippen molar-refractivity contribution in [2.45, 2.75) is 32.4 Å². The van der Waals surface area contributed by atoms with Crippen LogP contribution >= 0.6 is 0 Å². The number of hydrogen-bond acceptors (Lipinski definition) is 6. The third-order valence-electron chi connectivity index (χ3n) is 4.75. The number of nitrogens with one attached hydrogen (secondary N) is 1. The molecular formula is C19H21N5O3. The van der Waals surface area contributed by atoms with Crippen LogP contribution in [0.4, 0.5) is 0 Å². The highest BCUT2D eigenvalue weighted by Gasteiger charge is 2.26. The smallest absolute Gasteiger partial charge is 0.270 e. The first-order valence-corrected chi connectivity index (χ1v) is 8.81. The van der Waals surface area contributed by atoms with E-state index in [4.69, 9.17) is 9.26 Å². The highest BCUT2D eigenvalue weighted by Crippen LogP contribution is 2.34. The zero-order chi connectivity index (χ0) is 19.0. The number of carbonyl (C=O) groups is 1. The lowest BCUT2D eigenvalue weighted by Crippen LogP contribution is -2.28. The number of benzene rings is 1. The molecule has 0 fully saturated rings. The first-order valence-electron chi connectivity index (χ1n) is 8.81. The van der Waals surface area contributed by atoms with Crippen LogP contribution in [0.2, 0.25) is 0 Å². The van der Waals surface area contributed by atoms with Gasteiger partial charge in [0.15, 0.2) is 0 Å². The highest BCUT2D eigenvalue weighted by molar-refractivity contribution is 5.93. The Labute approximate surface area is 156 Å². The molecule has 4 rings (SSSR count). The Morgan fingerprint density at radius 3 is 3.00 bits per heavy atom. The van der Waals surface area contributed by atoms with Gasteiger partial charge in [-0.2, -0.15) is 10.1 Å². The first kappa shape index (κ1) is 17.4. The van der Waals surface area contributed by atoms with E-state index in [1.165, 1.54) is 5.56 Å². The quantitative estimate of drug-likeness (QED) is 0.744. The fraction of sp³-hybridized carbons (Fsp3) is 0.368. The second-order valence-corrected chi connectivity index (χ2v) is 6.72. The number of hydrogen-bond donors (Lipinski definition) is 1. The Hall–Kier alpha value is -3.00. The summed E-state index contributed by atoms with van der Waals surface area (Å²) in [6.45, 7) is 2.17. The SMILES string of the molecule is COCc1nc(-c2ccc3c(c2)CCC3NC(=O)c2cc(C)nn2C)no1. The maximum atomic E-state index is 12.6. The van der Waals surface area contributed by atoms with Gasteiger partial charge in [0.25, 0.3) is 11.8 Å². The molecule has 8 nitrogen and oxygen atoms in total. The van der Waals surface area contributed by atoms with Gasteiger partial charge in [0.1, 0.15) is 12.3 Å². The van der Waals surface area contributed by atoms with E-state index in [9.17, 15) is 4.79 Å². The lowest BCUT2D eigenvalue weighted by atomic mass is 10.0. The van der Waals surface area contributed by atoms with Crippen molar-refractivity contribution >= 4 is 5.91 Å². The van der Waals surface area contributed by atoms with Crippen molar-refractivity contribution < 1.29 is 14.1 Å². The molecule has 0 spiro atoms. The van der Waals surface area contributed by atoms with Gasteiger partial charge in [0.2, 0.25) is 5.82 Å². The van der Waals surface area contributed by atoms with Crippen LogP contribution in [0.25, 0.3) is 11.4 Å². The maximum absolute atomic E-state index is 12.6. The van der Waals surface area contributed by atoms with Gasteiger partial charge in [-0.05, 0) is 43.0 Å². The number of aromatic nitrogens is 4. The first-order chi connectivity index (χ1) is 13.0. The fourth-order valence-electron chi connectivity index (χ4n) is 3.52. The molecule has 27 heavy (non-hydrogen) atoms. The highest BCUT2D eigenvalue weighted by atomic mass is 16.5. The van der Waals surface area contributed by atoms with Crippen LogP contribution in [0, 0.1) is 6.92 Å². The molecule has 3 aromatic rings. The van der Waals surface area contributed by atoms with Crippen molar-refractivity contribution in [2.75, 3.05) is 7.11 Å². The summed E-state index contributed by atoms with van der Waals surface area (Å²) in [5, 5.41) is 11.4. The van der Waals surface area contributed by atoms with Crippen LogP contribution in [0.5, 0.6) is 0 Å². The second kappa shape index (κ2) is 6.96. The number of rotatable bonds is 5. The summed E-state index contributed by atoms with van der Waals surface area (Å²) < 4.78 is 11.8. The van der Waals surface area contributed by atoms with Gasteiger partial charge in [-0.1, -0.05) is 17.3 Å². The summed E-state index contributed by atoms with van der Waals surface area (Å²) in [7, 11) is 3.36. The Morgan fingerprint density at radius 2 is 2.26 bits per heavy atom. The van der Waals surface area contributed by atoms with Gasteiger partial charge in [0.05, 0.1) is 11.7 Å². The van der Waals surface area contributed by atoms with Crippen molar-refractivity contribution in [2.24, 2.45) is 7.05 Å². The minimum absolute atomic E-state index is 0.00826. The van der Waals surface area contributed by atoms with Gasteiger partial charge < -0.3 is 14.6 Å². The van der Waals surface area contributed by atoms with E-state index in [0.29, 0.717) is 24.0 Å². The third kappa shape index (κ3) is 3.35. The monoisotopic (exact) mass is 367 g/mol. The molecule has 2 heterocycles. The number of nitrogens with zero attached hydrogens (tertiary/aromatic N) is 4. The standard InChI is InChI=1S/C19H21N5O3/c1-11-8-16(24(2)22-11)19(25)20-15-7-5-12-9-13(4-6-14(12)15)18-21-17(10-26-3)27-23-18/h4,6,8-9,15H,5,7,10H2,1-3H3,(H,20,25). The molecule has 1 unspecified atom stereocenters. The Kier molecular flexibility index (Phi) is 4.49. The molecule has 1 N–H and O–H groups in total. The summed E-state index contributed by atoms with van der Waals surface area (Å²) in [5.74, 6) is 0.884. The molecule has 0 radical (unpaired) electrons. The average Bonchev–Trinajstić information content (AvgIpc) is 3.34. The molecular weight excluding hydrogens is 346 g/mol. The molecule has 0 aliphatic heterocycles. The summed E-state index contributed by atoms with van der Waals surface area (Å²) in [6.07, 6.45) is 1.75. The van der Waals surface area contributed by atoms with Crippen molar-refractivity contribution in [3.63, 3.8) is 0 Å². The van der Waals surface area contributed by atoms with Crippen LogP contribution in [-0.4, -0.2) is 32.9 Å². The third-order valence-corrected chi connectivity index (χ3v) is 4.75. The van der Waals surface area contributed by atoms with Gasteiger partial charge in [-0.15, -0.1) is 0 Å². The van der Waals surface area contributed by atoms with Gasteiger partial charge in [-0.3, -0.25) is 9.48 Å². The molecule has 1 aliphatic rings. The number of amides is 1. The normalized spacial score (nSPS) is 15.7. The van der Waals surface area contributed by atoms with Gasteiger partial charge in [-0.25, -0.2) is 0 Å². The number of methoxy groups -OCH3 is 1. The van der Waals surface area contributed by atoms with E-state index in [2.05, 4.69) is 26.6 Å². The second-order valence-electron chi connectivity index (χ2n) is 6.72. The Balaban J connectivity index is 1.52. The fourth-order valence-corrected chi connectivity index (χ4v) is 3.52. The van der Waals surface area contributed by atoms with E-state index in [-0.39, 0.29) is 11.9 Å². The predicted molar refractivity (Wildman–Crippen MR) is 96.9 cm³/mol. The maximum Gasteiger partial charge on any atom is 0.270 e. The molecule has 140 valence electrons. The van der Waals surface area contributed by atoms with E-state index >= 15 is 0 Å². The van der Waals surface area contributed by atoms with Crippen molar-refractivity contribution in [1.29, 1.82) is 0 Å². The lowest BCUT2D eigenvalue weighted by Gasteiger charge is -2.14. The van der Waals surface area contributed by atoms with Crippen LogP contribution < -0.4 is 5.32 Å². The van der Waals surface area contributed by atoms with E-state index in [1.54, 1.807) is 24.9 Å². The van der Waals surface area contributed by atoms with Crippen LogP contribution in [0.15, 0.2) is 28.8 Å². The molecule has 8 heteroatoms. The average molecular weight is 367 g/mol. The molecule has 1 atom stereocenters. The molecule has 0 saturated heterocycles. The molecule has 1 amide bonds. The van der Waals surface area contributed by atoms with E-state index < -0.39 is 0 Å². The minimum atomic E-state index is -0.109. The molecule has 0 bridgehead atoms. The van der Waals surface area contributed by atoms with Gasteiger partial charge >= 0.3 is 0 Å². The van der Waals surface area contributed by atoms with Crippen molar-refractivity contribution in [3.8, 4) is 11.4 Å². The Bertz CT molecular complexity index is 991. The zero-order valence-corrected chi connectivity index (χ0v) is 15.5. The van der Waals surface area contributed by atoms with Crippen LogP contribution in [-0.2, 0) is 24.8 Å². The number of fused-ring (bicyclic) bond motifs is 1. The van der Waals surface area contributed by atoms with Crippen molar-refractivity contribution in [1.82, 2.24) is 25.2 Å². The number of aryl methyl sites for hydroxylation is 3. The van der Waals surface area contributed by atoms with E-state index in [1.807, 2.05) is 19.1 Å². The number of carbonyl (C=O) groups excluding carboxylic acids is 1. The lowest BCUT2D eigenvalue weighted by molar-refractivity contribution is 0.0927.